The van der Waals surface area contributed by atoms with E-state index in [1.807, 2.05) is 11.9 Å². The molecule has 1 aromatic heterocycles. The van der Waals surface area contributed by atoms with E-state index >= 15 is 0 Å². The first kappa shape index (κ1) is 28.8. The number of carbonyl (C=O) groups excluding carboxylic acids is 3. The van der Waals surface area contributed by atoms with Crippen LogP contribution in [0.15, 0.2) is 21.9 Å². The second kappa shape index (κ2) is 12.0. The van der Waals surface area contributed by atoms with Crippen molar-refractivity contribution in [2.75, 3.05) is 0 Å². The molecule has 11 nitrogen and oxygen atoms in total. The molecule has 0 spiro atoms. The number of aliphatic hydroxyl groups is 3. The molecule has 1 unspecified atom stereocenters. The average Bonchev–Trinajstić information content (AvgIpc) is 3.07. The molecule has 35 heavy (non-hydrogen) atoms. The number of nitrogens with zero attached hydrogens (tertiary/aromatic N) is 1. The molecule has 0 aliphatic carbocycles. The van der Waals surface area contributed by atoms with Crippen molar-refractivity contribution in [3.8, 4) is 0 Å². The Morgan fingerprint density at radius 3 is 2.00 bits per heavy atom. The number of carbonyl (C=O) groups is 3. The van der Waals surface area contributed by atoms with Crippen molar-refractivity contribution in [3.05, 3.63) is 33.1 Å². The lowest BCUT2D eigenvalue weighted by atomic mass is 9.70. The number of nitrogens with one attached hydrogen (secondary N) is 1. The summed E-state index contributed by atoms with van der Waals surface area (Å²) in [5.41, 5.74) is -7.86. The number of aliphatic hydroxyl groups excluding tert-OH is 1. The van der Waals surface area contributed by atoms with E-state index in [1.54, 1.807) is 13.8 Å². The molecule has 1 fully saturated rings. The fraction of sp³-hybridized carbons (Fsp3) is 0.708. The van der Waals surface area contributed by atoms with Crippen LogP contribution in [0.25, 0.3) is 0 Å². The molecular weight excluding hydrogens is 460 g/mol. The lowest BCUT2D eigenvalue weighted by molar-refractivity contribution is -0.187. The van der Waals surface area contributed by atoms with E-state index in [0.717, 1.165) is 12.3 Å². The van der Waals surface area contributed by atoms with Crippen molar-refractivity contribution in [2.45, 2.75) is 108 Å². The Balaban J connectivity index is 2.75. The lowest BCUT2D eigenvalue weighted by Crippen LogP contribution is -2.69. The molecule has 0 saturated carbocycles. The van der Waals surface area contributed by atoms with Crippen LogP contribution in [0.4, 0.5) is 0 Å². The molecule has 0 radical (unpaired) electrons. The lowest BCUT2D eigenvalue weighted by Gasteiger charge is -2.39. The number of aromatic amines is 1. The topological polar surface area (TPSA) is 176 Å². The summed E-state index contributed by atoms with van der Waals surface area (Å²) in [5, 5.41) is 34.5. The van der Waals surface area contributed by atoms with Gasteiger partial charge in [0.05, 0.1) is 0 Å². The van der Waals surface area contributed by atoms with E-state index in [-0.39, 0.29) is 19.3 Å². The summed E-state index contributed by atoms with van der Waals surface area (Å²) >= 11 is 0. The number of rotatable bonds is 14. The standard InChI is InChI=1S/C24H36N2O9/c1-4-7-10-15(27)19(31)20-23(33,16(28)11-8-5-2)24(34,17(29)12-9-6-3)21(35-20)26-14-13-18(30)25-22(26)32/h13-14,19-21,31,33-34H,4-12H2,1-3H3,(H,25,30,32)/t19?,20-,21-,23-,24+/m1/s1. The number of unbranched alkanes of at least 4 members (excludes halogenated alkanes) is 3. The fourth-order valence-electron chi connectivity index (χ4n) is 4.37. The number of hydrogen-bond acceptors (Lipinski definition) is 9. The van der Waals surface area contributed by atoms with Gasteiger partial charge in [0, 0.05) is 31.5 Å². The van der Waals surface area contributed by atoms with Crippen LogP contribution in [-0.2, 0) is 19.1 Å². The van der Waals surface area contributed by atoms with Gasteiger partial charge in [-0.3, -0.25) is 28.7 Å². The second-order valence-electron chi connectivity index (χ2n) is 9.03. The van der Waals surface area contributed by atoms with E-state index in [9.17, 15) is 39.3 Å². The SMILES string of the molecule is CCCCC(=O)C(O)[C@H]1O[C@@H](n2ccc(=O)[nH]c2=O)[C@@](O)(C(=O)CCCC)[C@@]1(O)C(=O)CCCC. The minimum Gasteiger partial charge on any atom is -0.382 e. The van der Waals surface area contributed by atoms with E-state index in [0.29, 0.717) is 43.1 Å². The molecule has 11 heteroatoms. The largest absolute Gasteiger partial charge is 0.382 e. The summed E-state index contributed by atoms with van der Waals surface area (Å²) in [4.78, 5) is 65.6. The van der Waals surface area contributed by atoms with Crippen LogP contribution >= 0.6 is 0 Å². The Bertz CT molecular complexity index is 1030. The summed E-state index contributed by atoms with van der Waals surface area (Å²) < 4.78 is 6.37. The summed E-state index contributed by atoms with van der Waals surface area (Å²) in [6, 6.07) is 0.940. The predicted molar refractivity (Wildman–Crippen MR) is 125 cm³/mol. The maximum Gasteiger partial charge on any atom is 0.330 e. The second-order valence-corrected chi connectivity index (χ2v) is 9.03. The van der Waals surface area contributed by atoms with Gasteiger partial charge in [0.1, 0.15) is 12.2 Å². The van der Waals surface area contributed by atoms with Crippen LogP contribution in [0.3, 0.4) is 0 Å². The average molecular weight is 497 g/mol. The molecule has 1 aliphatic heterocycles. The van der Waals surface area contributed by atoms with Crippen LogP contribution in [0.5, 0.6) is 0 Å². The monoisotopic (exact) mass is 496 g/mol. The minimum atomic E-state index is -3.02. The highest BCUT2D eigenvalue weighted by atomic mass is 16.6. The highest BCUT2D eigenvalue weighted by Gasteiger charge is 2.74. The smallest absolute Gasteiger partial charge is 0.330 e. The van der Waals surface area contributed by atoms with E-state index in [2.05, 4.69) is 0 Å². The Morgan fingerprint density at radius 1 is 0.971 bits per heavy atom. The van der Waals surface area contributed by atoms with Crippen LogP contribution in [-0.4, -0.2) is 65.6 Å². The fourth-order valence-corrected chi connectivity index (χ4v) is 4.37. The molecular formula is C24H36N2O9. The summed E-state index contributed by atoms with van der Waals surface area (Å²) in [6.07, 6.45) is -2.94. The van der Waals surface area contributed by atoms with Crippen LogP contribution in [0.2, 0.25) is 0 Å². The van der Waals surface area contributed by atoms with Gasteiger partial charge in [-0.1, -0.05) is 40.0 Å². The van der Waals surface area contributed by atoms with Crippen molar-refractivity contribution >= 4 is 17.3 Å². The minimum absolute atomic E-state index is 0.0811. The zero-order valence-corrected chi connectivity index (χ0v) is 20.5. The molecule has 5 atom stereocenters. The quantitative estimate of drug-likeness (QED) is 0.286. The number of hydrogen-bond donors (Lipinski definition) is 4. The molecule has 1 aromatic rings. The van der Waals surface area contributed by atoms with Gasteiger partial charge >= 0.3 is 5.69 Å². The van der Waals surface area contributed by atoms with E-state index in [4.69, 9.17) is 4.74 Å². The normalized spacial score (nSPS) is 27.0. The van der Waals surface area contributed by atoms with Crippen molar-refractivity contribution in [3.63, 3.8) is 0 Å². The van der Waals surface area contributed by atoms with Crippen molar-refractivity contribution in [1.82, 2.24) is 9.55 Å². The zero-order valence-electron chi connectivity index (χ0n) is 20.5. The van der Waals surface area contributed by atoms with Gasteiger partial charge in [-0.25, -0.2) is 4.79 Å². The first-order chi connectivity index (χ1) is 16.5. The van der Waals surface area contributed by atoms with Gasteiger partial charge < -0.3 is 20.1 Å². The van der Waals surface area contributed by atoms with Gasteiger partial charge in [-0.05, 0) is 19.3 Å². The van der Waals surface area contributed by atoms with Gasteiger partial charge in [0.25, 0.3) is 5.56 Å². The molecule has 2 heterocycles. The molecule has 0 bridgehead atoms. The van der Waals surface area contributed by atoms with Crippen LogP contribution < -0.4 is 11.2 Å². The summed E-state index contributed by atoms with van der Waals surface area (Å²) in [7, 11) is 0. The third kappa shape index (κ3) is 5.37. The predicted octanol–water partition coefficient (Wildman–Crippen LogP) is 0.535. The van der Waals surface area contributed by atoms with Gasteiger partial charge in [-0.15, -0.1) is 0 Å². The highest BCUT2D eigenvalue weighted by molar-refractivity contribution is 6.01. The first-order valence-electron chi connectivity index (χ1n) is 12.2. The number of H-pyrrole nitrogens is 1. The van der Waals surface area contributed by atoms with Gasteiger partial charge in [0.2, 0.25) is 5.60 Å². The molecule has 196 valence electrons. The number of aromatic nitrogens is 2. The molecule has 0 aromatic carbocycles. The molecule has 2 rings (SSSR count). The Kier molecular flexibility index (Phi) is 9.85. The maximum absolute atomic E-state index is 13.4. The van der Waals surface area contributed by atoms with Crippen molar-refractivity contribution in [2.24, 2.45) is 0 Å². The maximum atomic E-state index is 13.4. The molecule has 1 saturated heterocycles. The Labute approximate surface area is 203 Å². The Morgan fingerprint density at radius 2 is 1.49 bits per heavy atom. The summed E-state index contributed by atoms with van der Waals surface area (Å²) in [6.45, 7) is 5.43. The van der Waals surface area contributed by atoms with E-state index < -0.39 is 58.2 Å². The highest BCUT2D eigenvalue weighted by Crippen LogP contribution is 2.49. The van der Waals surface area contributed by atoms with Gasteiger partial charge in [-0.2, -0.15) is 0 Å². The summed E-state index contributed by atoms with van der Waals surface area (Å²) in [5.74, 6) is -2.71. The van der Waals surface area contributed by atoms with Crippen molar-refractivity contribution in [1.29, 1.82) is 0 Å². The van der Waals surface area contributed by atoms with Crippen LogP contribution in [0.1, 0.15) is 84.8 Å². The van der Waals surface area contributed by atoms with Crippen LogP contribution in [0, 0.1) is 0 Å². The first-order valence-corrected chi connectivity index (χ1v) is 12.2. The van der Waals surface area contributed by atoms with Gasteiger partial charge in [0.15, 0.2) is 29.2 Å². The zero-order chi connectivity index (χ0) is 26.4. The third-order valence-electron chi connectivity index (χ3n) is 6.49. The molecule has 4 N–H and O–H groups in total. The molecule has 1 aliphatic rings. The van der Waals surface area contributed by atoms with Crippen molar-refractivity contribution < 1.29 is 34.4 Å². The molecule has 0 amide bonds. The third-order valence-corrected chi connectivity index (χ3v) is 6.49. The number of ketones is 3. The van der Waals surface area contributed by atoms with E-state index in [1.165, 1.54) is 0 Å². The number of Topliss-reactive ketones (excluding diaryl/α,β-unsaturated/α-hetero) is 3. The Hall–Kier alpha value is -2.47. The number of ether oxygens (including phenoxy) is 1.